The summed E-state index contributed by atoms with van der Waals surface area (Å²) in [6.07, 6.45) is 6.65. The van der Waals surface area contributed by atoms with Crippen LogP contribution < -0.4 is 9.54 Å². The second kappa shape index (κ2) is 8.71. The predicted molar refractivity (Wildman–Crippen MR) is 113 cm³/mol. The minimum absolute atomic E-state index is 0.862. The molecule has 0 spiro atoms. The van der Waals surface area contributed by atoms with Gasteiger partial charge in [-0.05, 0) is 30.7 Å². The number of nitrogens with zero attached hydrogens (tertiary/aromatic N) is 4. The number of para-hydroxylation sites is 2. The molecule has 0 radical (unpaired) electrons. The van der Waals surface area contributed by atoms with E-state index in [0.717, 1.165) is 47.0 Å². The third-order valence-electron chi connectivity index (χ3n) is 4.52. The Morgan fingerprint density at radius 1 is 1.04 bits per heavy atom. The van der Waals surface area contributed by atoms with E-state index >= 15 is 0 Å². The highest BCUT2D eigenvalue weighted by molar-refractivity contribution is 7.07. The minimum Gasteiger partial charge on any atom is -0.496 e. The summed E-state index contributed by atoms with van der Waals surface area (Å²) in [6.45, 7) is 1.78. The minimum atomic E-state index is 0.862. The van der Waals surface area contributed by atoms with Crippen LogP contribution >= 0.6 is 11.3 Å². The van der Waals surface area contributed by atoms with Crippen molar-refractivity contribution >= 4 is 17.0 Å². The summed E-state index contributed by atoms with van der Waals surface area (Å²) in [5.74, 6) is 0.870. The Morgan fingerprint density at radius 2 is 1.86 bits per heavy atom. The normalized spacial score (nSPS) is 11.7. The Kier molecular flexibility index (Phi) is 5.68. The molecule has 0 saturated carbocycles. The van der Waals surface area contributed by atoms with E-state index in [9.17, 15) is 0 Å². The van der Waals surface area contributed by atoms with Crippen LogP contribution in [0, 0.1) is 0 Å². The molecule has 0 aliphatic heterocycles. The molecule has 6 heteroatoms. The first-order valence-electron chi connectivity index (χ1n) is 9.22. The fourth-order valence-corrected chi connectivity index (χ4v) is 4.10. The van der Waals surface area contributed by atoms with E-state index in [-0.39, 0.29) is 0 Å². The number of methoxy groups -OCH3 is 1. The Hall–Kier alpha value is -3.12. The molecular formula is C22H22N4OS. The van der Waals surface area contributed by atoms with Crippen LogP contribution in [0.3, 0.4) is 0 Å². The third-order valence-corrected chi connectivity index (χ3v) is 5.38. The first-order valence-corrected chi connectivity index (χ1v) is 10.1. The van der Waals surface area contributed by atoms with Crippen LogP contribution in [0.15, 0.2) is 83.7 Å². The number of hydrogen-bond acceptors (Lipinski definition) is 4. The third kappa shape index (κ3) is 4.07. The Morgan fingerprint density at radius 3 is 2.64 bits per heavy atom. The highest BCUT2D eigenvalue weighted by atomic mass is 32.1. The number of aryl methyl sites for hydroxylation is 1. The molecule has 0 aliphatic rings. The summed E-state index contributed by atoms with van der Waals surface area (Å²) in [6, 6.07) is 18.2. The fraction of sp³-hybridized carbons (Fsp3) is 0.182. The standard InChI is InChI=1S/C22H22N4OS/c1-27-21-11-6-5-10-19(21)20-16-28-22(24-18-8-3-2-4-9-18)26(20)14-7-13-25-15-12-23-17-25/h2-6,8-12,15-17H,7,13-14H2,1H3. The maximum atomic E-state index is 5.59. The van der Waals surface area contributed by atoms with Crippen molar-refractivity contribution in [3.05, 3.63) is 83.5 Å². The van der Waals surface area contributed by atoms with E-state index < -0.39 is 0 Å². The van der Waals surface area contributed by atoms with E-state index in [4.69, 9.17) is 9.73 Å². The highest BCUT2D eigenvalue weighted by Crippen LogP contribution is 2.30. The average Bonchev–Trinajstić information content (AvgIpc) is 3.39. The lowest BCUT2D eigenvalue weighted by atomic mass is 10.1. The lowest BCUT2D eigenvalue weighted by Gasteiger charge is -2.12. The number of thiazole rings is 1. The van der Waals surface area contributed by atoms with Gasteiger partial charge >= 0.3 is 0 Å². The molecule has 0 fully saturated rings. The molecule has 2 aromatic heterocycles. The molecule has 28 heavy (non-hydrogen) atoms. The van der Waals surface area contributed by atoms with Crippen LogP contribution in [-0.4, -0.2) is 21.2 Å². The zero-order valence-corrected chi connectivity index (χ0v) is 16.5. The second-order valence-corrected chi connectivity index (χ2v) is 7.19. The van der Waals surface area contributed by atoms with Crippen molar-refractivity contribution in [1.29, 1.82) is 0 Å². The molecule has 5 nitrogen and oxygen atoms in total. The van der Waals surface area contributed by atoms with Gasteiger partial charge in [-0.25, -0.2) is 9.98 Å². The molecule has 0 N–H and O–H groups in total. The number of benzene rings is 2. The van der Waals surface area contributed by atoms with Gasteiger partial charge < -0.3 is 13.9 Å². The van der Waals surface area contributed by atoms with Gasteiger partial charge in [0.15, 0.2) is 4.80 Å². The van der Waals surface area contributed by atoms with Gasteiger partial charge in [-0.3, -0.25) is 0 Å². The molecule has 2 heterocycles. The maximum Gasteiger partial charge on any atom is 0.190 e. The van der Waals surface area contributed by atoms with Crippen LogP contribution in [0.4, 0.5) is 5.69 Å². The molecule has 0 unspecified atom stereocenters. The summed E-state index contributed by atoms with van der Waals surface area (Å²) in [4.78, 5) is 9.99. The SMILES string of the molecule is COc1ccccc1-c1csc(=Nc2ccccc2)n1CCCn1ccnc1. The average molecular weight is 391 g/mol. The Balaban J connectivity index is 1.72. The summed E-state index contributed by atoms with van der Waals surface area (Å²) in [7, 11) is 1.71. The molecule has 142 valence electrons. The van der Waals surface area contributed by atoms with Gasteiger partial charge in [-0.2, -0.15) is 0 Å². The Bertz CT molecular complexity index is 1080. The van der Waals surface area contributed by atoms with Crippen LogP contribution in [0.5, 0.6) is 5.75 Å². The first kappa shape index (κ1) is 18.3. The van der Waals surface area contributed by atoms with Gasteiger partial charge in [0.25, 0.3) is 0 Å². The van der Waals surface area contributed by atoms with Gasteiger partial charge in [0.2, 0.25) is 0 Å². The van der Waals surface area contributed by atoms with Crippen LogP contribution in [-0.2, 0) is 13.1 Å². The van der Waals surface area contributed by atoms with Crippen LogP contribution in [0.25, 0.3) is 11.3 Å². The molecule has 2 aromatic carbocycles. The quantitative estimate of drug-likeness (QED) is 0.457. The molecule has 0 aliphatic carbocycles. The van der Waals surface area contributed by atoms with E-state index in [1.807, 2.05) is 67.3 Å². The lowest BCUT2D eigenvalue weighted by Crippen LogP contribution is -2.17. The summed E-state index contributed by atoms with van der Waals surface area (Å²) in [5, 5.41) is 2.16. The summed E-state index contributed by atoms with van der Waals surface area (Å²) in [5.41, 5.74) is 3.17. The van der Waals surface area contributed by atoms with Crippen molar-refractivity contribution in [1.82, 2.24) is 14.1 Å². The molecular weight excluding hydrogens is 368 g/mol. The topological polar surface area (TPSA) is 44.3 Å². The monoisotopic (exact) mass is 390 g/mol. The maximum absolute atomic E-state index is 5.59. The number of hydrogen-bond donors (Lipinski definition) is 0. The number of aromatic nitrogens is 3. The van der Waals surface area contributed by atoms with Crippen LogP contribution in [0.1, 0.15) is 6.42 Å². The molecule has 4 rings (SSSR count). The van der Waals surface area contributed by atoms with Gasteiger partial charge in [0, 0.05) is 36.4 Å². The van der Waals surface area contributed by atoms with Crippen LogP contribution in [0.2, 0.25) is 0 Å². The number of rotatable bonds is 7. The Labute approximate surface area is 168 Å². The van der Waals surface area contributed by atoms with E-state index in [2.05, 4.69) is 25.6 Å². The zero-order chi connectivity index (χ0) is 19.2. The smallest absolute Gasteiger partial charge is 0.190 e. The molecule has 0 atom stereocenters. The van der Waals surface area contributed by atoms with E-state index in [1.54, 1.807) is 18.4 Å². The largest absolute Gasteiger partial charge is 0.496 e. The number of ether oxygens (including phenoxy) is 1. The molecule has 0 amide bonds. The summed E-state index contributed by atoms with van der Waals surface area (Å²) >= 11 is 1.65. The van der Waals surface area contributed by atoms with Gasteiger partial charge in [0.05, 0.1) is 24.8 Å². The molecule has 4 aromatic rings. The number of imidazole rings is 1. The zero-order valence-electron chi connectivity index (χ0n) is 15.7. The van der Waals surface area contributed by atoms with Gasteiger partial charge in [-0.1, -0.05) is 30.3 Å². The summed E-state index contributed by atoms with van der Waals surface area (Å²) < 4.78 is 9.98. The van der Waals surface area contributed by atoms with Crippen molar-refractivity contribution in [2.45, 2.75) is 19.5 Å². The highest BCUT2D eigenvalue weighted by Gasteiger charge is 2.12. The van der Waals surface area contributed by atoms with Crippen molar-refractivity contribution in [2.24, 2.45) is 4.99 Å². The van der Waals surface area contributed by atoms with Crippen molar-refractivity contribution in [3.63, 3.8) is 0 Å². The van der Waals surface area contributed by atoms with Gasteiger partial charge in [-0.15, -0.1) is 11.3 Å². The van der Waals surface area contributed by atoms with Gasteiger partial charge in [0.1, 0.15) is 5.75 Å². The first-order chi connectivity index (χ1) is 13.8. The second-order valence-electron chi connectivity index (χ2n) is 6.36. The van der Waals surface area contributed by atoms with Crippen molar-refractivity contribution in [3.8, 4) is 17.0 Å². The van der Waals surface area contributed by atoms with E-state index in [0.29, 0.717) is 0 Å². The fourth-order valence-electron chi connectivity index (χ4n) is 3.15. The lowest BCUT2D eigenvalue weighted by molar-refractivity contribution is 0.416. The van der Waals surface area contributed by atoms with E-state index in [1.165, 1.54) is 0 Å². The molecule has 0 saturated heterocycles. The predicted octanol–water partition coefficient (Wildman–Crippen LogP) is 4.74. The van der Waals surface area contributed by atoms with Crippen molar-refractivity contribution in [2.75, 3.05) is 7.11 Å². The molecule has 0 bridgehead atoms. The van der Waals surface area contributed by atoms with Crippen molar-refractivity contribution < 1.29 is 4.74 Å².